The summed E-state index contributed by atoms with van der Waals surface area (Å²) in [5, 5.41) is 34.1. The van der Waals surface area contributed by atoms with Gasteiger partial charge in [-0.25, -0.2) is 0 Å². The number of carbonyl (C=O) groups is 2. The van der Waals surface area contributed by atoms with E-state index < -0.39 is 6.10 Å². The smallest absolute Gasteiger partial charge is 0.220 e. The minimum Gasteiger partial charge on any atom is -0.508 e. The summed E-state index contributed by atoms with van der Waals surface area (Å²) in [6, 6.07) is 33.7. The molecule has 0 heterocycles. The van der Waals surface area contributed by atoms with Crippen LogP contribution in [0.2, 0.25) is 0 Å². The number of phenols is 2. The molecule has 4 aromatic rings. The van der Waals surface area contributed by atoms with Crippen LogP contribution in [-0.4, -0.2) is 71.7 Å². The summed E-state index contributed by atoms with van der Waals surface area (Å²) in [7, 11) is 0. The quantitative estimate of drug-likeness (QED) is 0.0739. The third-order valence-corrected chi connectivity index (χ3v) is 7.98. The van der Waals surface area contributed by atoms with Crippen molar-refractivity contribution in [1.82, 2.24) is 10.6 Å². The SMILES string of the molecule is CC(C)COCC(Cc1ccccc1)NC(=O)CCc1ccc(O)cc1.CC(O)COCC(Cc1ccccc1)NC(=O)CCc1ccc(O)cc1. The molecule has 9 nitrogen and oxygen atoms in total. The molecule has 0 bridgehead atoms. The van der Waals surface area contributed by atoms with E-state index in [4.69, 9.17) is 9.47 Å². The largest absolute Gasteiger partial charge is 0.508 e. The number of aliphatic hydroxyl groups is 1. The molecule has 4 rings (SSSR count). The lowest BCUT2D eigenvalue weighted by Gasteiger charge is -2.20. The lowest BCUT2D eigenvalue weighted by Crippen LogP contribution is -2.40. The van der Waals surface area contributed by atoms with Crippen molar-refractivity contribution >= 4 is 11.8 Å². The van der Waals surface area contributed by atoms with Gasteiger partial charge in [-0.05, 0) is 85.0 Å². The van der Waals surface area contributed by atoms with Crippen molar-refractivity contribution in [1.29, 1.82) is 0 Å². The number of ether oxygens (including phenoxy) is 2. The second kappa shape index (κ2) is 23.7. The summed E-state index contributed by atoms with van der Waals surface area (Å²) < 4.78 is 11.3. The molecule has 0 radical (unpaired) electrons. The normalized spacial score (nSPS) is 12.6. The van der Waals surface area contributed by atoms with Gasteiger partial charge in [-0.2, -0.15) is 0 Å². The zero-order chi connectivity index (χ0) is 37.6. The van der Waals surface area contributed by atoms with Crippen LogP contribution in [0.4, 0.5) is 0 Å². The van der Waals surface area contributed by atoms with Crippen LogP contribution in [0.3, 0.4) is 0 Å². The monoisotopic (exact) mass is 712 g/mol. The summed E-state index contributed by atoms with van der Waals surface area (Å²) in [6.07, 6.45) is 2.94. The number of aryl methyl sites for hydroxylation is 2. The Balaban J connectivity index is 0.000000280. The van der Waals surface area contributed by atoms with Crippen molar-refractivity contribution < 1.29 is 34.4 Å². The molecule has 2 amide bonds. The number of nitrogens with one attached hydrogen (secondary N) is 2. The van der Waals surface area contributed by atoms with Gasteiger partial charge in [0.05, 0.1) is 38.0 Å². The first-order chi connectivity index (χ1) is 25.0. The Morgan fingerprint density at radius 3 is 1.29 bits per heavy atom. The van der Waals surface area contributed by atoms with Crippen LogP contribution in [0.1, 0.15) is 55.9 Å². The fourth-order valence-electron chi connectivity index (χ4n) is 5.37. The van der Waals surface area contributed by atoms with Crippen molar-refractivity contribution in [2.24, 2.45) is 5.92 Å². The number of aliphatic hydroxyl groups excluding tert-OH is 1. The van der Waals surface area contributed by atoms with Crippen molar-refractivity contribution in [3.63, 3.8) is 0 Å². The van der Waals surface area contributed by atoms with Gasteiger partial charge in [0.2, 0.25) is 11.8 Å². The molecule has 52 heavy (non-hydrogen) atoms. The first-order valence-corrected chi connectivity index (χ1v) is 18.1. The molecule has 0 spiro atoms. The maximum atomic E-state index is 12.4. The van der Waals surface area contributed by atoms with Crippen LogP contribution in [0.5, 0.6) is 11.5 Å². The third-order valence-electron chi connectivity index (χ3n) is 7.98. The predicted molar refractivity (Wildman–Crippen MR) is 205 cm³/mol. The number of rotatable bonds is 20. The van der Waals surface area contributed by atoms with Gasteiger partial charge in [0.15, 0.2) is 0 Å². The molecular formula is C43H56N2O7. The van der Waals surface area contributed by atoms with E-state index in [9.17, 15) is 24.9 Å². The molecule has 9 heteroatoms. The number of hydrogen-bond donors (Lipinski definition) is 5. The van der Waals surface area contributed by atoms with Gasteiger partial charge in [-0.1, -0.05) is 98.8 Å². The number of amides is 2. The molecular weight excluding hydrogens is 656 g/mol. The summed E-state index contributed by atoms with van der Waals surface area (Å²) in [5.74, 6) is 0.907. The average molecular weight is 713 g/mol. The molecule has 0 saturated carbocycles. The Morgan fingerprint density at radius 2 is 0.923 bits per heavy atom. The minimum atomic E-state index is -0.530. The molecule has 3 unspecified atom stereocenters. The van der Waals surface area contributed by atoms with E-state index in [0.717, 1.165) is 23.1 Å². The van der Waals surface area contributed by atoms with Crippen molar-refractivity contribution in [3.8, 4) is 11.5 Å². The van der Waals surface area contributed by atoms with Crippen molar-refractivity contribution in [2.75, 3.05) is 26.4 Å². The highest BCUT2D eigenvalue weighted by Gasteiger charge is 2.16. The summed E-state index contributed by atoms with van der Waals surface area (Å²) in [4.78, 5) is 24.7. The molecule has 3 atom stereocenters. The molecule has 0 saturated heterocycles. The van der Waals surface area contributed by atoms with Crippen LogP contribution < -0.4 is 10.6 Å². The van der Waals surface area contributed by atoms with E-state index in [1.54, 1.807) is 31.2 Å². The Labute approximate surface area is 309 Å². The lowest BCUT2D eigenvalue weighted by atomic mass is 10.1. The maximum Gasteiger partial charge on any atom is 0.220 e. The Morgan fingerprint density at radius 1 is 0.538 bits per heavy atom. The first kappa shape index (κ1) is 41.7. The van der Waals surface area contributed by atoms with Gasteiger partial charge in [0, 0.05) is 19.4 Å². The maximum absolute atomic E-state index is 12.4. The number of phenolic OH excluding ortho intramolecular Hbond substituents is 2. The fourth-order valence-corrected chi connectivity index (χ4v) is 5.37. The van der Waals surface area contributed by atoms with Crippen molar-refractivity contribution in [3.05, 3.63) is 131 Å². The third kappa shape index (κ3) is 18.5. The van der Waals surface area contributed by atoms with Crippen LogP contribution in [0.25, 0.3) is 0 Å². The molecule has 0 aliphatic heterocycles. The van der Waals surface area contributed by atoms with Crippen molar-refractivity contribution in [2.45, 2.75) is 77.5 Å². The molecule has 5 N–H and O–H groups in total. The Kier molecular flexibility index (Phi) is 19.0. The van der Waals surface area contributed by atoms with E-state index in [2.05, 4.69) is 36.6 Å². The first-order valence-electron chi connectivity index (χ1n) is 18.1. The Hall–Kier alpha value is -4.70. The van der Waals surface area contributed by atoms with E-state index in [-0.39, 0.29) is 42.0 Å². The van der Waals surface area contributed by atoms with Gasteiger partial charge in [0.1, 0.15) is 11.5 Å². The van der Waals surface area contributed by atoms with E-state index in [1.165, 1.54) is 5.56 Å². The van der Waals surface area contributed by atoms with Crippen LogP contribution in [-0.2, 0) is 44.7 Å². The van der Waals surface area contributed by atoms with Gasteiger partial charge in [0.25, 0.3) is 0 Å². The summed E-state index contributed by atoms with van der Waals surface area (Å²) in [6.45, 7) is 7.69. The van der Waals surface area contributed by atoms with Gasteiger partial charge in [-0.15, -0.1) is 0 Å². The van der Waals surface area contributed by atoms with E-state index in [0.29, 0.717) is 57.8 Å². The minimum absolute atomic E-state index is 0.0205. The fraction of sp³-hybridized carbons (Fsp3) is 0.395. The zero-order valence-electron chi connectivity index (χ0n) is 30.7. The highest BCUT2D eigenvalue weighted by atomic mass is 16.5. The second-order valence-corrected chi connectivity index (χ2v) is 13.6. The Bertz CT molecular complexity index is 1430. The van der Waals surface area contributed by atoms with Gasteiger partial charge >= 0.3 is 0 Å². The molecule has 0 aliphatic rings. The number of benzene rings is 4. The highest BCUT2D eigenvalue weighted by molar-refractivity contribution is 5.77. The van der Waals surface area contributed by atoms with Gasteiger partial charge in [-0.3, -0.25) is 9.59 Å². The molecule has 4 aromatic carbocycles. The number of hydrogen-bond acceptors (Lipinski definition) is 7. The van der Waals surface area contributed by atoms with Crippen LogP contribution in [0, 0.1) is 5.92 Å². The number of aromatic hydroxyl groups is 2. The van der Waals surface area contributed by atoms with E-state index >= 15 is 0 Å². The lowest BCUT2D eigenvalue weighted by molar-refractivity contribution is -0.123. The van der Waals surface area contributed by atoms with E-state index in [1.807, 2.05) is 72.8 Å². The van der Waals surface area contributed by atoms with Crippen LogP contribution in [0.15, 0.2) is 109 Å². The average Bonchev–Trinajstić information content (AvgIpc) is 3.12. The highest BCUT2D eigenvalue weighted by Crippen LogP contribution is 2.13. The predicted octanol–water partition coefficient (Wildman–Crippen LogP) is 6.17. The standard InChI is InChI=1S/C22H29NO3.C21H27NO4/c1-17(2)15-26-16-20(14-19-6-4-3-5-7-19)23-22(25)13-10-18-8-11-21(24)12-9-18;1-16(23)14-26-15-19(13-18-5-3-2-4-6-18)22-21(25)12-9-17-7-10-20(24)11-8-17/h3-9,11-12,17,20,24H,10,13-16H2,1-2H3,(H,23,25);2-8,10-11,16,19,23-24H,9,12-15H2,1H3,(H,22,25). The number of carbonyl (C=O) groups excluding carboxylic acids is 2. The summed E-state index contributed by atoms with van der Waals surface area (Å²) in [5.41, 5.74) is 4.35. The topological polar surface area (TPSA) is 137 Å². The molecule has 280 valence electrons. The summed E-state index contributed by atoms with van der Waals surface area (Å²) >= 11 is 0. The van der Waals surface area contributed by atoms with Gasteiger partial charge < -0.3 is 35.4 Å². The molecule has 0 aliphatic carbocycles. The molecule has 0 fully saturated rings. The van der Waals surface area contributed by atoms with Crippen LogP contribution >= 0.6 is 0 Å². The molecule has 0 aromatic heterocycles. The zero-order valence-corrected chi connectivity index (χ0v) is 30.7. The second-order valence-electron chi connectivity index (χ2n) is 13.6.